The summed E-state index contributed by atoms with van der Waals surface area (Å²) in [5, 5.41) is 2.88. The number of hydrogen-bond donors (Lipinski definition) is 1. The fraction of sp³-hybridized carbons (Fsp3) is 0.158. The first-order valence-corrected chi connectivity index (χ1v) is 16.8. The van der Waals surface area contributed by atoms with E-state index in [9.17, 15) is 18.0 Å². The maximum Gasteiger partial charge on any atom is 0.264 e. The van der Waals surface area contributed by atoms with Gasteiger partial charge in [-0.15, -0.1) is 0 Å². The maximum atomic E-state index is 14.5. The minimum absolute atomic E-state index is 0.0385. The molecule has 9 heteroatoms. The Kier molecular flexibility index (Phi) is 11.0. The van der Waals surface area contributed by atoms with Crippen molar-refractivity contribution < 1.29 is 22.7 Å². The van der Waals surface area contributed by atoms with Gasteiger partial charge in [-0.2, -0.15) is 0 Å². The van der Waals surface area contributed by atoms with Gasteiger partial charge in [0.1, 0.15) is 24.1 Å². The summed E-state index contributed by atoms with van der Waals surface area (Å²) < 4.78 is 35.3. The Morgan fingerprint density at radius 3 is 1.77 bits per heavy atom. The van der Waals surface area contributed by atoms with Crippen LogP contribution in [0.2, 0.25) is 0 Å². The fourth-order valence-corrected chi connectivity index (χ4v) is 6.61. The Labute approximate surface area is 276 Å². The summed E-state index contributed by atoms with van der Waals surface area (Å²) >= 11 is 0. The molecule has 0 radical (unpaired) electrons. The Hall–Kier alpha value is -5.41. The molecule has 0 saturated carbocycles. The average molecular weight is 648 g/mol. The molecule has 0 unspecified atom stereocenters. The predicted molar refractivity (Wildman–Crippen MR) is 184 cm³/mol. The van der Waals surface area contributed by atoms with Gasteiger partial charge in [0.25, 0.3) is 10.0 Å². The zero-order chi connectivity index (χ0) is 33.1. The van der Waals surface area contributed by atoms with Crippen molar-refractivity contribution in [2.45, 2.75) is 30.8 Å². The van der Waals surface area contributed by atoms with E-state index in [0.717, 1.165) is 15.4 Å². The van der Waals surface area contributed by atoms with E-state index in [1.54, 1.807) is 42.5 Å². The van der Waals surface area contributed by atoms with E-state index >= 15 is 0 Å². The maximum absolute atomic E-state index is 14.5. The zero-order valence-electron chi connectivity index (χ0n) is 26.1. The predicted octanol–water partition coefficient (Wildman–Crippen LogP) is 6.45. The summed E-state index contributed by atoms with van der Waals surface area (Å²) in [5.41, 5.74) is 1.96. The van der Waals surface area contributed by atoms with E-state index in [1.165, 1.54) is 17.0 Å². The molecule has 0 spiro atoms. The molecule has 0 aliphatic rings. The van der Waals surface area contributed by atoms with Crippen molar-refractivity contribution in [3.63, 3.8) is 0 Å². The van der Waals surface area contributed by atoms with Crippen LogP contribution >= 0.6 is 0 Å². The van der Waals surface area contributed by atoms with E-state index in [2.05, 4.69) is 5.32 Å². The molecule has 5 aromatic carbocycles. The highest BCUT2D eigenvalue weighted by Crippen LogP contribution is 2.29. The number of ether oxygens (including phenoxy) is 1. The van der Waals surface area contributed by atoms with Crippen LogP contribution in [0.4, 0.5) is 5.69 Å². The van der Waals surface area contributed by atoms with Crippen LogP contribution in [0.15, 0.2) is 150 Å². The van der Waals surface area contributed by atoms with Gasteiger partial charge in [0, 0.05) is 19.5 Å². The van der Waals surface area contributed by atoms with Gasteiger partial charge in [-0.1, -0.05) is 97.1 Å². The molecule has 2 amide bonds. The zero-order valence-corrected chi connectivity index (χ0v) is 26.9. The second-order valence-electron chi connectivity index (χ2n) is 10.8. The van der Waals surface area contributed by atoms with Gasteiger partial charge in [-0.25, -0.2) is 8.42 Å². The number of likely N-dealkylation sites (N-methyl/N-ethyl adjacent to an activating group) is 1. The molecule has 0 bridgehead atoms. The molecule has 5 rings (SSSR count). The molecule has 47 heavy (non-hydrogen) atoms. The first-order chi connectivity index (χ1) is 22.8. The highest BCUT2D eigenvalue weighted by molar-refractivity contribution is 7.92. The number of hydrogen-bond acceptors (Lipinski definition) is 5. The van der Waals surface area contributed by atoms with Gasteiger partial charge in [0.15, 0.2) is 0 Å². The number of amides is 2. The van der Waals surface area contributed by atoms with Gasteiger partial charge in [0.05, 0.1) is 10.6 Å². The lowest BCUT2D eigenvalue weighted by molar-refractivity contribution is -0.140. The molecule has 0 heterocycles. The van der Waals surface area contributed by atoms with Crippen molar-refractivity contribution in [3.05, 3.63) is 157 Å². The summed E-state index contributed by atoms with van der Waals surface area (Å²) in [4.78, 5) is 29.6. The number of carbonyl (C=O) groups excluding carboxylic acids is 2. The van der Waals surface area contributed by atoms with Crippen LogP contribution in [-0.2, 0) is 32.6 Å². The Morgan fingerprint density at radius 2 is 1.19 bits per heavy atom. The Morgan fingerprint density at radius 1 is 0.681 bits per heavy atom. The summed E-state index contributed by atoms with van der Waals surface area (Å²) in [6, 6.07) is 41.7. The van der Waals surface area contributed by atoms with Crippen LogP contribution in [-0.4, -0.2) is 44.3 Å². The average Bonchev–Trinajstić information content (AvgIpc) is 3.11. The Bertz CT molecular complexity index is 1840. The lowest BCUT2D eigenvalue weighted by Crippen LogP contribution is -2.53. The molecule has 0 saturated heterocycles. The SMILES string of the molecule is CCNC(=O)[C@@H](Cc1ccccc1)N(Cc1ccccc1)C(=O)CN(c1ccc(Oc2ccccc2)cc1)S(=O)(=O)c1ccccc1. The van der Waals surface area contributed by atoms with Crippen LogP contribution in [0.25, 0.3) is 0 Å². The molecule has 0 aliphatic carbocycles. The topological polar surface area (TPSA) is 96.0 Å². The summed E-state index contributed by atoms with van der Waals surface area (Å²) in [6.07, 6.45) is 0.252. The van der Waals surface area contributed by atoms with E-state index in [1.807, 2.05) is 97.9 Å². The van der Waals surface area contributed by atoms with E-state index in [4.69, 9.17) is 4.74 Å². The number of sulfonamides is 1. The minimum atomic E-state index is -4.20. The molecule has 1 N–H and O–H groups in total. The van der Waals surface area contributed by atoms with Gasteiger partial charge < -0.3 is 15.0 Å². The molecule has 0 aromatic heterocycles. The largest absolute Gasteiger partial charge is 0.457 e. The van der Waals surface area contributed by atoms with E-state index < -0.39 is 28.5 Å². The molecular weight excluding hydrogens is 611 g/mol. The van der Waals surface area contributed by atoms with Gasteiger partial charge >= 0.3 is 0 Å². The molecule has 240 valence electrons. The third kappa shape index (κ3) is 8.65. The van der Waals surface area contributed by atoms with Crippen LogP contribution in [0.5, 0.6) is 11.5 Å². The van der Waals surface area contributed by atoms with Gasteiger partial charge in [-0.05, 0) is 66.6 Å². The number of benzene rings is 5. The van der Waals surface area contributed by atoms with Crippen molar-refractivity contribution in [1.82, 2.24) is 10.2 Å². The van der Waals surface area contributed by atoms with Crippen molar-refractivity contribution in [2.75, 3.05) is 17.4 Å². The third-order valence-electron chi connectivity index (χ3n) is 7.53. The highest BCUT2D eigenvalue weighted by Gasteiger charge is 2.34. The van der Waals surface area contributed by atoms with E-state index in [-0.39, 0.29) is 29.5 Å². The molecular formula is C38H37N3O5S. The lowest BCUT2D eigenvalue weighted by atomic mass is 10.0. The monoisotopic (exact) mass is 647 g/mol. The lowest BCUT2D eigenvalue weighted by Gasteiger charge is -2.33. The number of nitrogens with zero attached hydrogens (tertiary/aromatic N) is 2. The number of carbonyl (C=O) groups is 2. The first-order valence-electron chi connectivity index (χ1n) is 15.4. The normalized spacial score (nSPS) is 11.7. The van der Waals surface area contributed by atoms with Crippen LogP contribution in [0.1, 0.15) is 18.1 Å². The second-order valence-corrected chi connectivity index (χ2v) is 12.7. The van der Waals surface area contributed by atoms with Crippen LogP contribution in [0, 0.1) is 0 Å². The van der Waals surface area contributed by atoms with Crippen molar-refractivity contribution in [1.29, 1.82) is 0 Å². The molecule has 0 aliphatic heterocycles. The van der Waals surface area contributed by atoms with Gasteiger partial charge in [0.2, 0.25) is 11.8 Å². The molecule has 0 fully saturated rings. The highest BCUT2D eigenvalue weighted by atomic mass is 32.2. The van der Waals surface area contributed by atoms with E-state index in [0.29, 0.717) is 18.0 Å². The minimum Gasteiger partial charge on any atom is -0.457 e. The van der Waals surface area contributed by atoms with Crippen molar-refractivity contribution in [3.8, 4) is 11.5 Å². The third-order valence-corrected chi connectivity index (χ3v) is 9.32. The number of para-hydroxylation sites is 1. The molecule has 8 nitrogen and oxygen atoms in total. The van der Waals surface area contributed by atoms with Crippen molar-refractivity contribution >= 4 is 27.5 Å². The summed E-state index contributed by atoms with van der Waals surface area (Å²) in [7, 11) is -4.20. The van der Waals surface area contributed by atoms with Crippen LogP contribution in [0.3, 0.4) is 0 Å². The smallest absolute Gasteiger partial charge is 0.264 e. The number of rotatable bonds is 14. The van der Waals surface area contributed by atoms with Crippen LogP contribution < -0.4 is 14.4 Å². The standard InChI is InChI=1S/C38H37N3O5S/c1-2-39-38(43)36(27-30-15-7-3-8-16-30)40(28-31-17-9-4-10-18-31)37(42)29-41(47(44,45)35-21-13-6-14-22-35)32-23-25-34(26-24-32)46-33-19-11-5-12-20-33/h3-26,36H,2,27-29H2,1H3,(H,39,43)/t36-/m1/s1. The Balaban J connectivity index is 1.53. The number of nitrogens with one attached hydrogen (secondary N) is 1. The molecule has 1 atom stereocenters. The summed E-state index contributed by atoms with van der Waals surface area (Å²) in [5.74, 6) is 0.300. The quantitative estimate of drug-likeness (QED) is 0.150. The fourth-order valence-electron chi connectivity index (χ4n) is 5.18. The van der Waals surface area contributed by atoms with Gasteiger partial charge in [-0.3, -0.25) is 13.9 Å². The van der Waals surface area contributed by atoms with Crippen molar-refractivity contribution in [2.24, 2.45) is 0 Å². The molecule has 5 aromatic rings. The first kappa shape index (κ1) is 33.0. The second kappa shape index (κ2) is 15.7. The number of anilines is 1. The summed E-state index contributed by atoms with van der Waals surface area (Å²) in [6.45, 7) is 1.77.